The molecule has 0 aliphatic carbocycles. The van der Waals surface area contributed by atoms with E-state index in [1.54, 1.807) is 18.0 Å². The molecular weight excluding hydrogens is 314 g/mol. The van der Waals surface area contributed by atoms with E-state index in [1.807, 2.05) is 44.3 Å². The fourth-order valence-electron chi connectivity index (χ4n) is 2.49. The number of aryl methyl sites for hydroxylation is 2. The molecule has 0 aliphatic heterocycles. The van der Waals surface area contributed by atoms with Crippen LogP contribution >= 0.6 is 11.6 Å². The highest BCUT2D eigenvalue weighted by atomic mass is 35.5. The van der Waals surface area contributed by atoms with Crippen molar-refractivity contribution in [3.63, 3.8) is 0 Å². The Bertz CT molecular complexity index is 640. The molecule has 1 aromatic carbocycles. The Labute approximate surface area is 141 Å². The molecule has 5 nitrogen and oxygen atoms in total. The highest BCUT2D eigenvalue weighted by molar-refractivity contribution is 6.30. The van der Waals surface area contributed by atoms with Gasteiger partial charge in [0.1, 0.15) is 6.10 Å². The molecule has 1 N–H and O–H groups in total. The van der Waals surface area contributed by atoms with Crippen molar-refractivity contribution in [1.82, 2.24) is 15.1 Å². The Morgan fingerprint density at radius 2 is 2.09 bits per heavy atom. The monoisotopic (exact) mass is 335 g/mol. The molecule has 124 valence electrons. The maximum atomic E-state index is 12.1. The van der Waals surface area contributed by atoms with Crippen LogP contribution in [0.5, 0.6) is 0 Å². The van der Waals surface area contributed by atoms with Crippen molar-refractivity contribution >= 4 is 17.5 Å². The summed E-state index contributed by atoms with van der Waals surface area (Å²) in [7, 11) is 1.63. The lowest BCUT2D eigenvalue weighted by molar-refractivity contribution is -0.123. The third kappa shape index (κ3) is 5.08. The summed E-state index contributed by atoms with van der Waals surface area (Å²) in [5.41, 5.74) is 2.06. The molecule has 1 aromatic heterocycles. The standard InChI is InChI=1S/C17H22ClN3O2/c1-12-10-19-21(11-12)9-8-16(22)20-13(2)17(23-3)14-4-6-15(18)7-5-14/h4-7,10-11,13,17H,8-9H2,1-3H3,(H,20,22)/t13-,17+/m0/s1. The molecule has 0 aliphatic rings. The number of hydrogen-bond acceptors (Lipinski definition) is 3. The molecular formula is C17H22ClN3O2. The number of rotatable bonds is 7. The number of carbonyl (C=O) groups is 1. The summed E-state index contributed by atoms with van der Waals surface area (Å²) in [6.07, 6.45) is 3.86. The molecule has 0 fully saturated rings. The summed E-state index contributed by atoms with van der Waals surface area (Å²) in [5.74, 6) is -0.0262. The van der Waals surface area contributed by atoms with Crippen molar-refractivity contribution in [3.05, 3.63) is 52.8 Å². The molecule has 0 saturated carbocycles. The van der Waals surface area contributed by atoms with E-state index in [-0.39, 0.29) is 18.1 Å². The number of nitrogens with zero attached hydrogens (tertiary/aromatic N) is 2. The van der Waals surface area contributed by atoms with Gasteiger partial charge in [0.05, 0.1) is 12.2 Å². The lowest BCUT2D eigenvalue weighted by Crippen LogP contribution is -2.38. The largest absolute Gasteiger partial charge is 0.375 e. The van der Waals surface area contributed by atoms with Crippen LogP contribution in [0.4, 0.5) is 0 Å². The van der Waals surface area contributed by atoms with Crippen LogP contribution in [-0.2, 0) is 16.1 Å². The maximum Gasteiger partial charge on any atom is 0.222 e. The van der Waals surface area contributed by atoms with Crippen LogP contribution in [0.2, 0.25) is 5.02 Å². The smallest absolute Gasteiger partial charge is 0.222 e. The molecule has 0 saturated heterocycles. The summed E-state index contributed by atoms with van der Waals surface area (Å²) in [5, 5.41) is 7.83. The highest BCUT2D eigenvalue weighted by Gasteiger charge is 2.20. The minimum absolute atomic E-state index is 0.0262. The van der Waals surface area contributed by atoms with Crippen LogP contribution in [0.3, 0.4) is 0 Å². The maximum absolute atomic E-state index is 12.1. The van der Waals surface area contributed by atoms with E-state index < -0.39 is 0 Å². The van der Waals surface area contributed by atoms with Crippen molar-refractivity contribution in [2.45, 2.75) is 39.0 Å². The van der Waals surface area contributed by atoms with E-state index in [9.17, 15) is 4.79 Å². The predicted octanol–water partition coefficient (Wildman–Crippen LogP) is 3.13. The Morgan fingerprint density at radius 3 is 2.65 bits per heavy atom. The predicted molar refractivity (Wildman–Crippen MR) is 90.4 cm³/mol. The van der Waals surface area contributed by atoms with Crippen LogP contribution in [0.15, 0.2) is 36.7 Å². The third-order valence-corrected chi connectivity index (χ3v) is 3.88. The van der Waals surface area contributed by atoms with Crippen molar-refractivity contribution in [3.8, 4) is 0 Å². The van der Waals surface area contributed by atoms with E-state index in [2.05, 4.69) is 10.4 Å². The first kappa shape index (κ1) is 17.5. The molecule has 0 unspecified atom stereocenters. The fraction of sp³-hybridized carbons (Fsp3) is 0.412. The molecule has 1 heterocycles. The number of amides is 1. The van der Waals surface area contributed by atoms with Gasteiger partial charge in [0.15, 0.2) is 0 Å². The Hall–Kier alpha value is -1.85. The van der Waals surface area contributed by atoms with Crippen LogP contribution in [0.25, 0.3) is 0 Å². The summed E-state index contributed by atoms with van der Waals surface area (Å²) in [6.45, 7) is 4.46. The first-order chi connectivity index (χ1) is 11.0. The SMILES string of the molecule is CO[C@@H](c1ccc(Cl)cc1)[C@H](C)NC(=O)CCn1cc(C)cn1. The quantitative estimate of drug-likeness (QED) is 0.845. The second-order valence-electron chi connectivity index (χ2n) is 5.59. The molecule has 1 amide bonds. The summed E-state index contributed by atoms with van der Waals surface area (Å²) in [4.78, 5) is 12.1. The van der Waals surface area contributed by atoms with E-state index in [0.29, 0.717) is 18.0 Å². The third-order valence-electron chi connectivity index (χ3n) is 3.63. The number of ether oxygens (including phenoxy) is 1. The van der Waals surface area contributed by atoms with Crippen LogP contribution in [0.1, 0.15) is 30.6 Å². The van der Waals surface area contributed by atoms with Crippen LogP contribution in [0, 0.1) is 6.92 Å². The van der Waals surface area contributed by atoms with E-state index in [4.69, 9.17) is 16.3 Å². The van der Waals surface area contributed by atoms with Gasteiger partial charge in [0, 0.05) is 31.3 Å². The average molecular weight is 336 g/mol. The highest BCUT2D eigenvalue weighted by Crippen LogP contribution is 2.22. The molecule has 0 radical (unpaired) electrons. The number of aromatic nitrogens is 2. The van der Waals surface area contributed by atoms with Gasteiger partial charge in [-0.1, -0.05) is 23.7 Å². The molecule has 2 atom stereocenters. The lowest BCUT2D eigenvalue weighted by Gasteiger charge is -2.24. The zero-order valence-corrected chi connectivity index (χ0v) is 14.4. The van der Waals surface area contributed by atoms with E-state index >= 15 is 0 Å². The van der Waals surface area contributed by atoms with Gasteiger partial charge in [-0.3, -0.25) is 9.48 Å². The zero-order valence-electron chi connectivity index (χ0n) is 13.6. The van der Waals surface area contributed by atoms with Gasteiger partial charge in [0.2, 0.25) is 5.91 Å². The molecule has 0 spiro atoms. The van der Waals surface area contributed by atoms with Crippen LogP contribution in [-0.4, -0.2) is 28.8 Å². The van der Waals surface area contributed by atoms with Gasteiger partial charge < -0.3 is 10.1 Å². The van der Waals surface area contributed by atoms with Gasteiger partial charge in [-0.05, 0) is 37.1 Å². The van der Waals surface area contributed by atoms with E-state index in [0.717, 1.165) is 11.1 Å². The molecule has 2 rings (SSSR count). The van der Waals surface area contributed by atoms with Gasteiger partial charge in [-0.2, -0.15) is 5.10 Å². The number of hydrogen-bond donors (Lipinski definition) is 1. The Morgan fingerprint density at radius 1 is 1.39 bits per heavy atom. The van der Waals surface area contributed by atoms with Gasteiger partial charge in [-0.15, -0.1) is 0 Å². The number of halogens is 1. The van der Waals surface area contributed by atoms with E-state index in [1.165, 1.54) is 0 Å². The average Bonchev–Trinajstić information content (AvgIpc) is 2.93. The summed E-state index contributed by atoms with van der Waals surface area (Å²) >= 11 is 5.91. The minimum Gasteiger partial charge on any atom is -0.375 e. The second-order valence-corrected chi connectivity index (χ2v) is 6.03. The second kappa shape index (κ2) is 8.13. The number of nitrogens with one attached hydrogen (secondary N) is 1. The summed E-state index contributed by atoms with van der Waals surface area (Å²) < 4.78 is 7.30. The first-order valence-electron chi connectivity index (χ1n) is 7.56. The fourth-order valence-corrected chi connectivity index (χ4v) is 2.61. The summed E-state index contributed by atoms with van der Waals surface area (Å²) in [6, 6.07) is 7.31. The number of benzene rings is 1. The van der Waals surface area contributed by atoms with Crippen molar-refractivity contribution < 1.29 is 9.53 Å². The van der Waals surface area contributed by atoms with Gasteiger partial charge in [0.25, 0.3) is 0 Å². The van der Waals surface area contributed by atoms with Gasteiger partial charge >= 0.3 is 0 Å². The van der Waals surface area contributed by atoms with Gasteiger partial charge in [-0.25, -0.2) is 0 Å². The molecule has 23 heavy (non-hydrogen) atoms. The van der Waals surface area contributed by atoms with Crippen LogP contribution < -0.4 is 5.32 Å². The van der Waals surface area contributed by atoms with Crippen molar-refractivity contribution in [1.29, 1.82) is 0 Å². The molecule has 0 bridgehead atoms. The molecule has 2 aromatic rings. The molecule has 6 heteroatoms. The number of methoxy groups -OCH3 is 1. The lowest BCUT2D eigenvalue weighted by atomic mass is 10.0. The van der Waals surface area contributed by atoms with Crippen molar-refractivity contribution in [2.24, 2.45) is 0 Å². The normalized spacial score (nSPS) is 13.6. The topological polar surface area (TPSA) is 56.1 Å². The minimum atomic E-state index is -0.219. The Balaban J connectivity index is 1.89. The Kier molecular flexibility index (Phi) is 6.19. The first-order valence-corrected chi connectivity index (χ1v) is 7.94. The van der Waals surface area contributed by atoms with Crippen molar-refractivity contribution in [2.75, 3.05) is 7.11 Å². The number of carbonyl (C=O) groups excluding carboxylic acids is 1. The zero-order chi connectivity index (χ0) is 16.8.